The van der Waals surface area contributed by atoms with Gasteiger partial charge in [-0.05, 0) is 49.1 Å². The van der Waals surface area contributed by atoms with Crippen LogP contribution < -0.4 is 11.1 Å². The molecule has 0 unspecified atom stereocenters. The second-order valence-electron chi connectivity index (χ2n) is 6.40. The lowest BCUT2D eigenvalue weighted by Gasteiger charge is -2.14. The number of hydrogen-bond acceptors (Lipinski definition) is 4. The number of H-pyrrole nitrogens is 1. The molecule has 0 bridgehead atoms. The van der Waals surface area contributed by atoms with Crippen molar-refractivity contribution in [3.05, 3.63) is 36.6 Å². The first-order valence-corrected chi connectivity index (χ1v) is 8.28. The minimum Gasteiger partial charge on any atom is -0.461 e. The number of anilines is 1. The summed E-state index contributed by atoms with van der Waals surface area (Å²) in [6.45, 7) is 0. The number of nitrogens with one attached hydrogen (secondary N) is 2. The van der Waals surface area contributed by atoms with Gasteiger partial charge < -0.3 is 20.5 Å². The molecule has 2 heterocycles. The van der Waals surface area contributed by atoms with Crippen molar-refractivity contribution in [2.24, 2.45) is 11.7 Å². The van der Waals surface area contributed by atoms with E-state index in [-0.39, 0.29) is 36.8 Å². The number of carbonyl (C=O) groups is 1. The molecular formula is C18H22Cl2N4O2. The highest BCUT2D eigenvalue weighted by Crippen LogP contribution is 2.28. The van der Waals surface area contributed by atoms with Crippen molar-refractivity contribution >= 4 is 47.4 Å². The Balaban J connectivity index is 0.00000121. The zero-order chi connectivity index (χ0) is 16.5. The molecule has 0 aliphatic heterocycles. The molecule has 1 aliphatic rings. The average molecular weight is 397 g/mol. The largest absolute Gasteiger partial charge is 0.461 e. The van der Waals surface area contributed by atoms with Crippen LogP contribution in [0.3, 0.4) is 0 Å². The van der Waals surface area contributed by atoms with Crippen molar-refractivity contribution < 1.29 is 9.21 Å². The van der Waals surface area contributed by atoms with E-state index in [2.05, 4.69) is 15.3 Å². The number of aromatic amines is 1. The first-order chi connectivity index (χ1) is 11.7. The molecule has 1 aromatic carbocycles. The number of fused-ring (bicyclic) bond motifs is 1. The number of carbonyl (C=O) groups excluding carboxylic acids is 1. The first kappa shape index (κ1) is 20.3. The van der Waals surface area contributed by atoms with E-state index < -0.39 is 0 Å². The summed E-state index contributed by atoms with van der Waals surface area (Å²) in [5, 5.41) is 2.96. The lowest BCUT2D eigenvalue weighted by Crippen LogP contribution is -2.28. The molecule has 0 saturated heterocycles. The number of rotatable bonds is 4. The maximum Gasteiger partial charge on any atom is 0.224 e. The molecular weight excluding hydrogens is 375 g/mol. The molecule has 1 amide bonds. The number of amides is 1. The monoisotopic (exact) mass is 396 g/mol. The summed E-state index contributed by atoms with van der Waals surface area (Å²) < 4.78 is 5.35. The molecule has 4 N–H and O–H groups in total. The Bertz CT molecular complexity index is 863. The number of furan rings is 1. The molecule has 0 spiro atoms. The fraction of sp³-hybridized carbons (Fsp3) is 0.333. The van der Waals surface area contributed by atoms with Gasteiger partial charge in [0.15, 0.2) is 11.6 Å². The Kier molecular flexibility index (Phi) is 6.69. The molecule has 1 saturated carbocycles. The van der Waals surface area contributed by atoms with Crippen LogP contribution in [-0.4, -0.2) is 21.9 Å². The zero-order valence-electron chi connectivity index (χ0n) is 14.1. The van der Waals surface area contributed by atoms with Gasteiger partial charge in [0.1, 0.15) is 0 Å². The zero-order valence-corrected chi connectivity index (χ0v) is 15.7. The standard InChI is InChI=1S/C18H20N4O2.2ClH/c19-13-4-1-3-11(13)9-17(23)20-12-6-7-14-15(10-12)22-18(21-14)16-5-2-8-24-16;;/h2,5-8,10-11,13H,1,3-4,9,19H2,(H,20,23)(H,21,22);2*1H/t11-,13+;;/m0../s1. The Labute approximate surface area is 163 Å². The molecule has 2 aromatic heterocycles. The highest BCUT2D eigenvalue weighted by Gasteiger charge is 2.26. The predicted octanol–water partition coefficient (Wildman–Crippen LogP) is 4.12. The van der Waals surface area contributed by atoms with E-state index in [0.29, 0.717) is 23.9 Å². The van der Waals surface area contributed by atoms with Crippen LogP contribution in [0.1, 0.15) is 25.7 Å². The van der Waals surface area contributed by atoms with E-state index in [1.807, 2.05) is 30.3 Å². The van der Waals surface area contributed by atoms with Crippen molar-refractivity contribution in [1.29, 1.82) is 0 Å². The maximum absolute atomic E-state index is 12.2. The predicted molar refractivity (Wildman–Crippen MR) is 107 cm³/mol. The minimum atomic E-state index is 0. The van der Waals surface area contributed by atoms with E-state index >= 15 is 0 Å². The summed E-state index contributed by atoms with van der Waals surface area (Å²) in [5.74, 6) is 1.68. The van der Waals surface area contributed by atoms with E-state index in [0.717, 1.165) is 36.0 Å². The average Bonchev–Trinajstić information content (AvgIpc) is 3.28. The van der Waals surface area contributed by atoms with Crippen LogP contribution in [0.25, 0.3) is 22.6 Å². The molecule has 1 aliphatic carbocycles. The van der Waals surface area contributed by atoms with Gasteiger partial charge in [0, 0.05) is 18.2 Å². The van der Waals surface area contributed by atoms with Crippen molar-refractivity contribution in [3.63, 3.8) is 0 Å². The number of aromatic nitrogens is 2. The number of halogens is 2. The summed E-state index contributed by atoms with van der Waals surface area (Å²) in [5.41, 5.74) is 8.49. The molecule has 140 valence electrons. The van der Waals surface area contributed by atoms with Crippen LogP contribution in [0.2, 0.25) is 0 Å². The van der Waals surface area contributed by atoms with Gasteiger partial charge in [0.25, 0.3) is 0 Å². The molecule has 0 radical (unpaired) electrons. The molecule has 6 nitrogen and oxygen atoms in total. The lowest BCUT2D eigenvalue weighted by atomic mass is 10.00. The summed E-state index contributed by atoms with van der Waals surface area (Å²) >= 11 is 0. The van der Waals surface area contributed by atoms with E-state index in [1.54, 1.807) is 6.26 Å². The Hall–Kier alpha value is -2.02. The van der Waals surface area contributed by atoms with E-state index in [4.69, 9.17) is 10.2 Å². The summed E-state index contributed by atoms with van der Waals surface area (Å²) in [4.78, 5) is 19.9. The van der Waals surface area contributed by atoms with Crippen molar-refractivity contribution in [2.75, 3.05) is 5.32 Å². The summed E-state index contributed by atoms with van der Waals surface area (Å²) in [6, 6.07) is 9.47. The van der Waals surface area contributed by atoms with Crippen molar-refractivity contribution in [2.45, 2.75) is 31.7 Å². The maximum atomic E-state index is 12.2. The van der Waals surface area contributed by atoms with Gasteiger partial charge in [-0.25, -0.2) is 4.98 Å². The molecule has 2 atom stereocenters. The summed E-state index contributed by atoms with van der Waals surface area (Å²) in [6.07, 6.45) is 5.28. The molecule has 3 aromatic rings. The second-order valence-corrected chi connectivity index (χ2v) is 6.40. The Morgan fingerprint density at radius 3 is 2.85 bits per heavy atom. The highest BCUT2D eigenvalue weighted by atomic mass is 35.5. The fourth-order valence-corrected chi connectivity index (χ4v) is 3.39. The minimum absolute atomic E-state index is 0. The van der Waals surface area contributed by atoms with Gasteiger partial charge in [-0.3, -0.25) is 4.79 Å². The number of benzene rings is 1. The van der Waals surface area contributed by atoms with Crippen LogP contribution in [0.15, 0.2) is 41.0 Å². The third-order valence-electron chi connectivity index (χ3n) is 4.69. The van der Waals surface area contributed by atoms with Gasteiger partial charge in [-0.15, -0.1) is 24.8 Å². The number of imidazole rings is 1. The SMILES string of the molecule is Cl.Cl.N[C@@H]1CCC[C@H]1CC(=O)Nc1ccc2nc(-c3ccco3)[nH]c2c1. The number of nitrogens with two attached hydrogens (primary N) is 1. The topological polar surface area (TPSA) is 96.9 Å². The highest BCUT2D eigenvalue weighted by molar-refractivity contribution is 5.93. The van der Waals surface area contributed by atoms with E-state index in [1.165, 1.54) is 0 Å². The normalized spacial score (nSPS) is 19.0. The third kappa shape index (κ3) is 4.20. The molecule has 26 heavy (non-hydrogen) atoms. The van der Waals surface area contributed by atoms with Crippen LogP contribution in [0.4, 0.5) is 5.69 Å². The summed E-state index contributed by atoms with van der Waals surface area (Å²) in [7, 11) is 0. The van der Waals surface area contributed by atoms with Gasteiger partial charge in [-0.1, -0.05) is 6.42 Å². The Morgan fingerprint density at radius 1 is 1.31 bits per heavy atom. The third-order valence-corrected chi connectivity index (χ3v) is 4.69. The van der Waals surface area contributed by atoms with Gasteiger partial charge in [0.2, 0.25) is 5.91 Å². The molecule has 1 fully saturated rings. The number of nitrogens with zero attached hydrogens (tertiary/aromatic N) is 1. The van der Waals surface area contributed by atoms with Gasteiger partial charge >= 0.3 is 0 Å². The van der Waals surface area contributed by atoms with Crippen LogP contribution in [0, 0.1) is 5.92 Å². The fourth-order valence-electron chi connectivity index (χ4n) is 3.39. The number of hydrogen-bond donors (Lipinski definition) is 3. The van der Waals surface area contributed by atoms with Gasteiger partial charge in [0.05, 0.1) is 17.3 Å². The van der Waals surface area contributed by atoms with E-state index in [9.17, 15) is 4.79 Å². The van der Waals surface area contributed by atoms with Gasteiger partial charge in [-0.2, -0.15) is 0 Å². The molecule has 8 heteroatoms. The smallest absolute Gasteiger partial charge is 0.224 e. The van der Waals surface area contributed by atoms with Crippen molar-refractivity contribution in [3.8, 4) is 11.6 Å². The Morgan fingerprint density at radius 2 is 2.15 bits per heavy atom. The first-order valence-electron chi connectivity index (χ1n) is 8.28. The van der Waals surface area contributed by atoms with Crippen LogP contribution in [0.5, 0.6) is 0 Å². The van der Waals surface area contributed by atoms with Crippen LogP contribution in [-0.2, 0) is 4.79 Å². The quantitative estimate of drug-likeness (QED) is 0.617. The van der Waals surface area contributed by atoms with Crippen LogP contribution >= 0.6 is 24.8 Å². The second kappa shape index (κ2) is 8.58. The molecule has 4 rings (SSSR count). The lowest BCUT2D eigenvalue weighted by molar-refractivity contribution is -0.117. The van der Waals surface area contributed by atoms with Crippen molar-refractivity contribution in [1.82, 2.24) is 9.97 Å².